The largest absolute Gasteiger partial charge is 0.476 e. The molecule has 102 valence electrons. The lowest BCUT2D eigenvalue weighted by Gasteiger charge is -2.26. The van der Waals surface area contributed by atoms with Gasteiger partial charge < -0.3 is 10.5 Å². The summed E-state index contributed by atoms with van der Waals surface area (Å²) in [6.07, 6.45) is -6.81. The monoisotopic (exact) mass is 329 g/mol. The molecule has 0 heterocycles. The molecule has 0 aliphatic heterocycles. The number of hydrogen-bond acceptors (Lipinski definition) is 2. The van der Waals surface area contributed by atoms with Gasteiger partial charge >= 0.3 is 6.18 Å². The Morgan fingerprint density at radius 2 is 2.00 bits per heavy atom. The second kappa shape index (κ2) is 5.88. The van der Waals surface area contributed by atoms with Crippen LogP contribution in [0.3, 0.4) is 0 Å². The van der Waals surface area contributed by atoms with Crippen molar-refractivity contribution in [3.8, 4) is 5.75 Å². The van der Waals surface area contributed by atoms with Gasteiger partial charge in [0.05, 0.1) is 6.04 Å². The van der Waals surface area contributed by atoms with Crippen molar-refractivity contribution in [2.24, 2.45) is 5.73 Å². The van der Waals surface area contributed by atoms with E-state index in [2.05, 4.69) is 20.7 Å². The molecule has 1 aromatic carbocycles. The standard InChI is InChI=1S/C11H12BrF4NO/c1-2-8(17)10(11(14,15)16)18-9-5-6(12)3-4-7(9)13/h3-5,8,10H,2,17H2,1H3. The summed E-state index contributed by atoms with van der Waals surface area (Å²) in [5.41, 5.74) is 5.36. The average Bonchev–Trinajstić information content (AvgIpc) is 2.27. The van der Waals surface area contributed by atoms with E-state index >= 15 is 0 Å². The molecule has 2 atom stereocenters. The van der Waals surface area contributed by atoms with Crippen molar-refractivity contribution in [2.45, 2.75) is 31.7 Å². The average molecular weight is 330 g/mol. The van der Waals surface area contributed by atoms with E-state index in [1.165, 1.54) is 13.0 Å². The molecule has 0 fully saturated rings. The summed E-state index contributed by atoms with van der Waals surface area (Å²) in [6, 6.07) is 2.27. The Kier molecular flexibility index (Phi) is 4.98. The first kappa shape index (κ1) is 15.2. The minimum Gasteiger partial charge on any atom is -0.476 e. The minimum atomic E-state index is -4.65. The van der Waals surface area contributed by atoms with Gasteiger partial charge in [-0.05, 0) is 24.6 Å². The van der Waals surface area contributed by atoms with Crippen LogP contribution in [0.25, 0.3) is 0 Å². The third-order valence-corrected chi connectivity index (χ3v) is 2.82. The molecular formula is C11H12BrF4NO. The summed E-state index contributed by atoms with van der Waals surface area (Å²) in [5.74, 6) is -1.34. The van der Waals surface area contributed by atoms with Gasteiger partial charge in [-0.3, -0.25) is 0 Å². The van der Waals surface area contributed by atoms with Gasteiger partial charge in [0.15, 0.2) is 11.6 Å². The molecule has 0 aliphatic rings. The van der Waals surface area contributed by atoms with Gasteiger partial charge in [-0.25, -0.2) is 4.39 Å². The first-order valence-electron chi connectivity index (χ1n) is 5.19. The highest BCUT2D eigenvalue weighted by Gasteiger charge is 2.45. The normalized spacial score (nSPS) is 15.3. The molecule has 1 rings (SSSR count). The van der Waals surface area contributed by atoms with Crippen LogP contribution in [-0.2, 0) is 0 Å². The molecule has 0 aliphatic carbocycles. The van der Waals surface area contributed by atoms with Crippen molar-refractivity contribution in [1.29, 1.82) is 0 Å². The summed E-state index contributed by atoms with van der Waals surface area (Å²) >= 11 is 3.03. The summed E-state index contributed by atoms with van der Waals surface area (Å²) in [4.78, 5) is 0. The highest BCUT2D eigenvalue weighted by molar-refractivity contribution is 9.10. The van der Waals surface area contributed by atoms with E-state index in [4.69, 9.17) is 5.73 Å². The van der Waals surface area contributed by atoms with Gasteiger partial charge in [0.2, 0.25) is 6.10 Å². The summed E-state index contributed by atoms with van der Waals surface area (Å²) in [7, 11) is 0. The minimum absolute atomic E-state index is 0.0692. The zero-order valence-electron chi connectivity index (χ0n) is 9.47. The molecule has 0 bridgehead atoms. The Balaban J connectivity index is 3.00. The first-order valence-corrected chi connectivity index (χ1v) is 5.99. The van der Waals surface area contributed by atoms with E-state index in [0.717, 1.165) is 12.1 Å². The van der Waals surface area contributed by atoms with Crippen LogP contribution in [0.4, 0.5) is 17.6 Å². The number of rotatable bonds is 4. The predicted molar refractivity (Wildman–Crippen MR) is 62.8 cm³/mol. The molecule has 0 amide bonds. The van der Waals surface area contributed by atoms with Crippen LogP contribution in [0.15, 0.2) is 22.7 Å². The zero-order valence-corrected chi connectivity index (χ0v) is 11.1. The fraction of sp³-hybridized carbons (Fsp3) is 0.455. The number of halogens is 5. The third kappa shape index (κ3) is 3.84. The first-order chi connectivity index (χ1) is 8.25. The van der Waals surface area contributed by atoms with Gasteiger partial charge in [-0.15, -0.1) is 0 Å². The molecule has 0 saturated carbocycles. The van der Waals surface area contributed by atoms with E-state index in [0.29, 0.717) is 4.47 Å². The highest BCUT2D eigenvalue weighted by atomic mass is 79.9. The maximum atomic E-state index is 13.3. The van der Waals surface area contributed by atoms with Crippen LogP contribution in [0.2, 0.25) is 0 Å². The SMILES string of the molecule is CCC(N)C(Oc1cc(Br)ccc1F)C(F)(F)F. The van der Waals surface area contributed by atoms with E-state index in [9.17, 15) is 17.6 Å². The van der Waals surface area contributed by atoms with Gasteiger partial charge in [-0.2, -0.15) is 13.2 Å². The van der Waals surface area contributed by atoms with Gasteiger partial charge in [-0.1, -0.05) is 22.9 Å². The van der Waals surface area contributed by atoms with E-state index in [1.807, 2.05) is 0 Å². The Morgan fingerprint density at radius 1 is 1.39 bits per heavy atom. The maximum Gasteiger partial charge on any atom is 0.426 e. The molecule has 2 unspecified atom stereocenters. The van der Waals surface area contributed by atoms with Crippen LogP contribution < -0.4 is 10.5 Å². The fourth-order valence-corrected chi connectivity index (χ4v) is 1.66. The highest BCUT2D eigenvalue weighted by Crippen LogP contribution is 2.30. The molecular weight excluding hydrogens is 318 g/mol. The lowest BCUT2D eigenvalue weighted by molar-refractivity contribution is -0.201. The Hall–Kier alpha value is -0.820. The number of nitrogens with two attached hydrogens (primary N) is 1. The third-order valence-electron chi connectivity index (χ3n) is 2.33. The van der Waals surface area contributed by atoms with Crippen LogP contribution in [0, 0.1) is 5.82 Å². The molecule has 18 heavy (non-hydrogen) atoms. The van der Waals surface area contributed by atoms with E-state index in [-0.39, 0.29) is 6.42 Å². The van der Waals surface area contributed by atoms with Crippen molar-refractivity contribution < 1.29 is 22.3 Å². The van der Waals surface area contributed by atoms with Gasteiger partial charge in [0, 0.05) is 4.47 Å². The predicted octanol–water partition coefficient (Wildman–Crippen LogP) is 3.64. The lowest BCUT2D eigenvalue weighted by Crippen LogP contribution is -2.48. The Bertz CT molecular complexity index is 411. The summed E-state index contributed by atoms with van der Waals surface area (Å²) < 4.78 is 56.6. The summed E-state index contributed by atoms with van der Waals surface area (Å²) in [6.45, 7) is 1.50. The smallest absolute Gasteiger partial charge is 0.426 e. The molecule has 2 nitrogen and oxygen atoms in total. The van der Waals surface area contributed by atoms with Crippen LogP contribution in [0.1, 0.15) is 13.3 Å². The maximum absolute atomic E-state index is 13.3. The quantitative estimate of drug-likeness (QED) is 0.856. The van der Waals surface area contributed by atoms with Gasteiger partial charge in [0.25, 0.3) is 0 Å². The second-order valence-electron chi connectivity index (χ2n) is 3.73. The second-order valence-corrected chi connectivity index (χ2v) is 4.64. The lowest BCUT2D eigenvalue weighted by atomic mass is 10.1. The molecule has 7 heteroatoms. The van der Waals surface area contributed by atoms with E-state index < -0.39 is 29.9 Å². The van der Waals surface area contributed by atoms with Crippen LogP contribution >= 0.6 is 15.9 Å². The Morgan fingerprint density at radius 3 is 2.50 bits per heavy atom. The summed E-state index contributed by atoms with van der Waals surface area (Å²) in [5, 5.41) is 0. The molecule has 0 spiro atoms. The number of benzene rings is 1. The number of alkyl halides is 3. The Labute approximate surface area is 110 Å². The van der Waals surface area contributed by atoms with E-state index in [1.54, 1.807) is 0 Å². The molecule has 0 saturated heterocycles. The topological polar surface area (TPSA) is 35.2 Å². The van der Waals surface area contributed by atoms with Crippen molar-refractivity contribution in [2.75, 3.05) is 0 Å². The van der Waals surface area contributed by atoms with Crippen molar-refractivity contribution >= 4 is 15.9 Å². The van der Waals surface area contributed by atoms with Gasteiger partial charge in [0.1, 0.15) is 0 Å². The fourth-order valence-electron chi connectivity index (χ4n) is 1.32. The molecule has 0 aromatic heterocycles. The van der Waals surface area contributed by atoms with Crippen LogP contribution in [-0.4, -0.2) is 18.3 Å². The zero-order chi connectivity index (χ0) is 13.9. The van der Waals surface area contributed by atoms with Crippen molar-refractivity contribution in [1.82, 2.24) is 0 Å². The van der Waals surface area contributed by atoms with Crippen LogP contribution in [0.5, 0.6) is 5.75 Å². The molecule has 0 radical (unpaired) electrons. The number of ether oxygens (including phenoxy) is 1. The molecule has 2 N–H and O–H groups in total. The van der Waals surface area contributed by atoms with Crippen molar-refractivity contribution in [3.05, 3.63) is 28.5 Å². The number of hydrogen-bond donors (Lipinski definition) is 1. The molecule has 1 aromatic rings. The van der Waals surface area contributed by atoms with Crippen molar-refractivity contribution in [3.63, 3.8) is 0 Å².